The first-order valence-electron chi connectivity index (χ1n) is 14.1. The molecule has 2 heterocycles. The summed E-state index contributed by atoms with van der Waals surface area (Å²) in [5, 5.41) is 2.66. The molecule has 3 atom stereocenters. The highest BCUT2D eigenvalue weighted by Crippen LogP contribution is 2.32. The lowest BCUT2D eigenvalue weighted by Gasteiger charge is -2.44. The molecule has 0 unspecified atom stereocenters. The fourth-order valence-corrected chi connectivity index (χ4v) is 4.92. The minimum Gasteiger partial charge on any atom is -0.443 e. The monoisotopic (exact) mass is 645 g/mol. The molecule has 15 heteroatoms. The van der Waals surface area contributed by atoms with Crippen LogP contribution in [0.4, 0.5) is 20.2 Å². The van der Waals surface area contributed by atoms with E-state index in [4.69, 9.17) is 9.47 Å². The number of imide groups is 2. The third-order valence-corrected chi connectivity index (χ3v) is 6.85. The van der Waals surface area contributed by atoms with Crippen molar-refractivity contribution in [3.8, 4) is 0 Å². The van der Waals surface area contributed by atoms with Gasteiger partial charge in [0.2, 0.25) is 15.9 Å². The number of nitrogens with one attached hydrogen (secondary N) is 2. The van der Waals surface area contributed by atoms with E-state index in [9.17, 15) is 32.4 Å². The third-order valence-electron chi connectivity index (χ3n) is 6.27. The van der Waals surface area contributed by atoms with Crippen LogP contribution in [0.5, 0.6) is 0 Å². The Kier molecular flexibility index (Phi) is 10.3. The summed E-state index contributed by atoms with van der Waals surface area (Å²) in [7, 11) is -4.03. The van der Waals surface area contributed by atoms with Crippen LogP contribution in [0.3, 0.4) is 0 Å². The van der Waals surface area contributed by atoms with Gasteiger partial charge in [0, 0.05) is 6.20 Å². The fourth-order valence-electron chi connectivity index (χ4n) is 4.44. The number of hydrogen-bond acceptors (Lipinski definition) is 10. The second kappa shape index (κ2) is 13.2. The Morgan fingerprint density at radius 2 is 1.53 bits per heavy atom. The van der Waals surface area contributed by atoms with Crippen molar-refractivity contribution < 1.29 is 41.9 Å². The van der Waals surface area contributed by atoms with Gasteiger partial charge in [0.05, 0.1) is 18.2 Å². The number of ether oxygens (including phenoxy) is 2. The van der Waals surface area contributed by atoms with Crippen molar-refractivity contribution in [1.82, 2.24) is 19.9 Å². The molecule has 14 nitrogen and oxygen atoms in total. The van der Waals surface area contributed by atoms with Crippen LogP contribution in [0.15, 0.2) is 48.7 Å². The summed E-state index contributed by atoms with van der Waals surface area (Å²) >= 11 is 0. The van der Waals surface area contributed by atoms with E-state index in [0.29, 0.717) is 15.4 Å². The Morgan fingerprint density at radius 1 is 0.978 bits per heavy atom. The minimum atomic E-state index is -4.03. The van der Waals surface area contributed by atoms with Crippen molar-refractivity contribution >= 4 is 45.9 Å². The zero-order chi connectivity index (χ0) is 33.9. The molecular weight excluding hydrogens is 606 g/mol. The molecule has 0 radical (unpaired) electrons. The van der Waals surface area contributed by atoms with Gasteiger partial charge >= 0.3 is 18.2 Å². The van der Waals surface area contributed by atoms with E-state index < -0.39 is 69.3 Å². The smallest absolute Gasteiger partial charge is 0.425 e. The highest BCUT2D eigenvalue weighted by Gasteiger charge is 2.55. The van der Waals surface area contributed by atoms with Crippen LogP contribution < -0.4 is 14.9 Å². The van der Waals surface area contributed by atoms with Crippen LogP contribution >= 0.6 is 0 Å². The summed E-state index contributed by atoms with van der Waals surface area (Å²) in [6.07, 6.45) is -0.208. The van der Waals surface area contributed by atoms with Gasteiger partial charge in [-0.05, 0) is 78.1 Å². The van der Waals surface area contributed by atoms with Crippen LogP contribution in [0.25, 0.3) is 0 Å². The standard InChI is InChI=1S/C30H39N5O9S/c1-18(20-12-10-9-11-13-20)32-26(38)35-23(24(36)33-45(8,41)42)21(25(35)37)16-19-14-15-31-22(17-19)34(27(39)43-29(2,3)4)28(40)44-30(5,6)7/h9-15,17-18,21,23H,16H2,1-8H3,(H,32,38)(H,33,36)/t18-,21-,23+/m1/s1. The van der Waals surface area contributed by atoms with Crippen molar-refractivity contribution in [2.45, 2.75) is 78.2 Å². The Balaban J connectivity index is 1.92. The van der Waals surface area contributed by atoms with Gasteiger partial charge in [0.25, 0.3) is 5.91 Å². The van der Waals surface area contributed by atoms with Gasteiger partial charge in [-0.1, -0.05) is 30.3 Å². The molecular formula is C30H39N5O9S. The van der Waals surface area contributed by atoms with Gasteiger partial charge in [-0.3, -0.25) is 19.2 Å². The normalized spacial score (nSPS) is 17.4. The summed E-state index contributed by atoms with van der Waals surface area (Å²) < 4.78 is 36.4. The molecule has 0 aliphatic carbocycles. The number of carbonyl (C=O) groups is 5. The summed E-state index contributed by atoms with van der Waals surface area (Å²) in [6, 6.07) is 8.87. The number of amides is 6. The molecule has 45 heavy (non-hydrogen) atoms. The molecule has 6 amide bonds. The van der Waals surface area contributed by atoms with Gasteiger partial charge in [-0.25, -0.2) is 27.8 Å². The largest absolute Gasteiger partial charge is 0.443 e. The highest BCUT2D eigenvalue weighted by atomic mass is 32.2. The second-order valence-electron chi connectivity index (χ2n) is 12.6. The first-order chi connectivity index (χ1) is 20.7. The number of aromatic nitrogens is 1. The lowest BCUT2D eigenvalue weighted by atomic mass is 9.82. The topological polar surface area (TPSA) is 181 Å². The second-order valence-corrected chi connectivity index (χ2v) is 14.4. The first kappa shape index (κ1) is 35.0. The third kappa shape index (κ3) is 9.48. The average molecular weight is 646 g/mol. The van der Waals surface area contributed by atoms with Crippen molar-refractivity contribution in [3.63, 3.8) is 0 Å². The van der Waals surface area contributed by atoms with E-state index in [2.05, 4.69) is 10.3 Å². The first-order valence-corrected chi connectivity index (χ1v) is 16.0. The van der Waals surface area contributed by atoms with Gasteiger partial charge < -0.3 is 14.8 Å². The zero-order valence-electron chi connectivity index (χ0n) is 26.5. The van der Waals surface area contributed by atoms with E-state index >= 15 is 0 Å². The average Bonchev–Trinajstić information content (AvgIpc) is 2.87. The van der Waals surface area contributed by atoms with Crippen LogP contribution in [0.1, 0.15) is 65.6 Å². The highest BCUT2D eigenvalue weighted by molar-refractivity contribution is 7.89. The van der Waals surface area contributed by atoms with E-state index in [1.54, 1.807) is 78.8 Å². The predicted molar refractivity (Wildman–Crippen MR) is 163 cm³/mol. The number of carbonyl (C=O) groups excluding carboxylic acids is 5. The van der Waals surface area contributed by atoms with Crippen molar-refractivity contribution in [2.75, 3.05) is 11.2 Å². The van der Waals surface area contributed by atoms with Gasteiger partial charge in [0.1, 0.15) is 23.1 Å². The van der Waals surface area contributed by atoms with E-state index in [1.807, 2.05) is 4.72 Å². The number of nitrogens with zero attached hydrogens (tertiary/aromatic N) is 3. The predicted octanol–water partition coefficient (Wildman–Crippen LogP) is 3.67. The summed E-state index contributed by atoms with van der Waals surface area (Å²) in [6.45, 7) is 11.4. The number of sulfonamides is 1. The van der Waals surface area contributed by atoms with Crippen LogP contribution in [-0.4, -0.2) is 71.8 Å². The molecule has 1 aliphatic heterocycles. The minimum absolute atomic E-state index is 0.162. The SMILES string of the molecule is C[C@@H](NC(=O)N1C(=O)[C@H](Cc2ccnc(N(C(=O)OC(C)(C)C)C(=O)OC(C)(C)C)c2)[C@H]1C(=O)NS(C)(=O)=O)c1ccccc1. The molecule has 1 fully saturated rings. The van der Waals surface area contributed by atoms with Gasteiger partial charge in [0.15, 0.2) is 0 Å². The maximum atomic E-state index is 13.3. The van der Waals surface area contributed by atoms with Crippen molar-refractivity contribution in [2.24, 2.45) is 5.92 Å². The maximum absolute atomic E-state index is 13.3. The molecule has 1 aliphatic rings. The van der Waals surface area contributed by atoms with Crippen molar-refractivity contribution in [1.29, 1.82) is 0 Å². The summed E-state index contributed by atoms with van der Waals surface area (Å²) in [4.78, 5) is 71.1. The van der Waals surface area contributed by atoms with Crippen molar-refractivity contribution in [3.05, 3.63) is 59.8 Å². The zero-order valence-corrected chi connectivity index (χ0v) is 27.3. The number of benzene rings is 1. The Hall–Kier alpha value is -4.53. The van der Waals surface area contributed by atoms with Crippen LogP contribution in [0.2, 0.25) is 0 Å². The molecule has 2 aromatic rings. The molecule has 1 aromatic carbocycles. The number of hydrogen-bond donors (Lipinski definition) is 2. The number of pyridine rings is 1. The quantitative estimate of drug-likeness (QED) is 0.422. The van der Waals surface area contributed by atoms with Crippen LogP contribution in [0, 0.1) is 5.92 Å². The lowest BCUT2D eigenvalue weighted by molar-refractivity contribution is -0.156. The molecule has 0 bridgehead atoms. The van der Waals surface area contributed by atoms with E-state index in [0.717, 1.165) is 11.8 Å². The molecule has 2 N–H and O–H groups in total. The lowest BCUT2D eigenvalue weighted by Crippen LogP contribution is -2.70. The molecule has 3 rings (SSSR count). The van der Waals surface area contributed by atoms with E-state index in [1.165, 1.54) is 18.3 Å². The molecule has 244 valence electrons. The Bertz CT molecular complexity index is 1540. The Labute approximate surface area is 262 Å². The summed E-state index contributed by atoms with van der Waals surface area (Å²) in [5.41, 5.74) is -0.827. The Morgan fingerprint density at radius 3 is 2.04 bits per heavy atom. The molecule has 0 saturated carbocycles. The molecule has 1 aromatic heterocycles. The number of anilines is 1. The van der Waals surface area contributed by atoms with Crippen LogP contribution in [-0.2, 0) is 35.5 Å². The van der Waals surface area contributed by atoms with E-state index in [-0.39, 0.29) is 12.2 Å². The fraction of sp³-hybridized carbons (Fsp3) is 0.467. The molecule has 0 spiro atoms. The van der Waals surface area contributed by atoms with Gasteiger partial charge in [-0.15, -0.1) is 0 Å². The summed E-state index contributed by atoms with van der Waals surface area (Å²) in [5.74, 6) is -3.12. The number of rotatable bonds is 7. The maximum Gasteiger partial charge on any atom is 0.425 e. The number of likely N-dealkylation sites (tertiary alicyclic amines) is 1. The number of β-lactam (4-membered cyclic amide) rings is 1. The molecule has 1 saturated heterocycles. The number of urea groups is 1. The van der Waals surface area contributed by atoms with Gasteiger partial charge in [-0.2, -0.15) is 4.90 Å².